The standard InChI is InChI=1S/C15H22N4/c1-3-12(2)18-7-9-19(10-8-18)14-6-4-5-13(11-16)15(14)17/h4-6,12H,3,7-10,17H2,1-2H3. The average molecular weight is 258 g/mol. The molecule has 0 saturated carbocycles. The molecular formula is C15H22N4. The Morgan fingerprint density at radius 1 is 1.32 bits per heavy atom. The minimum Gasteiger partial charge on any atom is -0.396 e. The van der Waals surface area contributed by atoms with Crippen molar-refractivity contribution in [3.8, 4) is 6.07 Å². The number of benzene rings is 1. The van der Waals surface area contributed by atoms with Gasteiger partial charge in [0, 0.05) is 32.2 Å². The number of nitriles is 1. The van der Waals surface area contributed by atoms with Crippen molar-refractivity contribution in [1.82, 2.24) is 4.90 Å². The molecule has 1 heterocycles. The molecule has 0 amide bonds. The van der Waals surface area contributed by atoms with Crippen LogP contribution in [0.4, 0.5) is 11.4 Å². The van der Waals surface area contributed by atoms with E-state index in [1.807, 2.05) is 12.1 Å². The third-order valence-corrected chi connectivity index (χ3v) is 4.07. The molecule has 1 aromatic carbocycles. The predicted molar refractivity (Wildman–Crippen MR) is 79.1 cm³/mol. The number of nitrogens with zero attached hydrogens (tertiary/aromatic N) is 3. The fourth-order valence-electron chi connectivity index (χ4n) is 2.59. The molecule has 1 aromatic rings. The summed E-state index contributed by atoms with van der Waals surface area (Å²) in [4.78, 5) is 4.80. The molecule has 4 nitrogen and oxygen atoms in total. The fourth-order valence-corrected chi connectivity index (χ4v) is 2.59. The van der Waals surface area contributed by atoms with Crippen LogP contribution in [0, 0.1) is 11.3 Å². The molecule has 1 aliphatic heterocycles. The van der Waals surface area contributed by atoms with Crippen LogP contribution in [0.2, 0.25) is 0 Å². The molecule has 0 aromatic heterocycles. The van der Waals surface area contributed by atoms with Crippen LogP contribution in [0.15, 0.2) is 18.2 Å². The molecule has 0 spiro atoms. The van der Waals surface area contributed by atoms with Crippen LogP contribution in [0.3, 0.4) is 0 Å². The second-order valence-electron chi connectivity index (χ2n) is 5.13. The zero-order chi connectivity index (χ0) is 13.8. The molecule has 1 fully saturated rings. The van der Waals surface area contributed by atoms with Gasteiger partial charge in [-0.2, -0.15) is 5.26 Å². The van der Waals surface area contributed by atoms with Crippen LogP contribution in [0.5, 0.6) is 0 Å². The first-order valence-corrected chi connectivity index (χ1v) is 6.95. The number of para-hydroxylation sites is 1. The number of nitrogens with two attached hydrogens (primary N) is 1. The maximum Gasteiger partial charge on any atom is 0.101 e. The molecule has 0 radical (unpaired) electrons. The zero-order valence-corrected chi connectivity index (χ0v) is 11.8. The number of rotatable bonds is 3. The van der Waals surface area contributed by atoms with Gasteiger partial charge in [0.1, 0.15) is 6.07 Å². The Labute approximate surface area is 115 Å². The zero-order valence-electron chi connectivity index (χ0n) is 11.8. The molecule has 1 atom stereocenters. The van der Waals surface area contributed by atoms with E-state index in [0.717, 1.165) is 31.9 Å². The number of hydrogen-bond donors (Lipinski definition) is 1. The van der Waals surface area contributed by atoms with Crippen molar-refractivity contribution in [3.63, 3.8) is 0 Å². The molecule has 4 heteroatoms. The number of piperazine rings is 1. The summed E-state index contributed by atoms with van der Waals surface area (Å²) < 4.78 is 0. The van der Waals surface area contributed by atoms with Crippen molar-refractivity contribution in [1.29, 1.82) is 5.26 Å². The van der Waals surface area contributed by atoms with Crippen molar-refractivity contribution in [2.45, 2.75) is 26.3 Å². The van der Waals surface area contributed by atoms with Gasteiger partial charge in [-0.05, 0) is 25.5 Å². The molecule has 2 N–H and O–H groups in total. The Morgan fingerprint density at radius 2 is 2.00 bits per heavy atom. The lowest BCUT2D eigenvalue weighted by molar-refractivity contribution is 0.193. The summed E-state index contributed by atoms with van der Waals surface area (Å²) >= 11 is 0. The Kier molecular flexibility index (Phi) is 4.28. The highest BCUT2D eigenvalue weighted by atomic mass is 15.3. The summed E-state index contributed by atoms with van der Waals surface area (Å²) in [6.45, 7) is 8.58. The Balaban J connectivity index is 2.08. The summed E-state index contributed by atoms with van der Waals surface area (Å²) in [6, 6.07) is 8.48. The molecular weight excluding hydrogens is 236 g/mol. The van der Waals surface area contributed by atoms with E-state index in [-0.39, 0.29) is 0 Å². The Hall–Kier alpha value is -1.73. The monoisotopic (exact) mass is 258 g/mol. The van der Waals surface area contributed by atoms with E-state index in [1.54, 1.807) is 6.07 Å². The summed E-state index contributed by atoms with van der Waals surface area (Å²) in [5.74, 6) is 0. The van der Waals surface area contributed by atoms with Crippen LogP contribution in [-0.2, 0) is 0 Å². The topological polar surface area (TPSA) is 56.3 Å². The maximum absolute atomic E-state index is 9.03. The van der Waals surface area contributed by atoms with E-state index in [2.05, 4.69) is 29.7 Å². The highest BCUT2D eigenvalue weighted by Gasteiger charge is 2.21. The SMILES string of the molecule is CCC(C)N1CCN(c2cccc(C#N)c2N)CC1. The van der Waals surface area contributed by atoms with Crippen molar-refractivity contribution in [2.75, 3.05) is 36.8 Å². The van der Waals surface area contributed by atoms with Gasteiger partial charge in [0.15, 0.2) is 0 Å². The van der Waals surface area contributed by atoms with Gasteiger partial charge in [-0.25, -0.2) is 0 Å². The Morgan fingerprint density at radius 3 is 2.58 bits per heavy atom. The molecule has 0 aliphatic carbocycles. The number of anilines is 2. The summed E-state index contributed by atoms with van der Waals surface area (Å²) in [5.41, 5.74) is 8.25. The normalized spacial score (nSPS) is 18.1. The van der Waals surface area contributed by atoms with Crippen LogP contribution >= 0.6 is 0 Å². The van der Waals surface area contributed by atoms with Crippen molar-refractivity contribution >= 4 is 11.4 Å². The van der Waals surface area contributed by atoms with E-state index in [4.69, 9.17) is 11.0 Å². The lowest BCUT2D eigenvalue weighted by atomic mass is 10.1. The first-order chi connectivity index (χ1) is 9.17. The van der Waals surface area contributed by atoms with E-state index < -0.39 is 0 Å². The third kappa shape index (κ3) is 2.82. The molecule has 2 rings (SSSR count). The summed E-state index contributed by atoms with van der Waals surface area (Å²) in [7, 11) is 0. The van der Waals surface area contributed by atoms with Crippen molar-refractivity contribution in [3.05, 3.63) is 23.8 Å². The predicted octanol–water partition coefficient (Wildman–Crippen LogP) is 2.06. The lowest BCUT2D eigenvalue weighted by Crippen LogP contribution is -2.49. The number of nitrogen functional groups attached to an aromatic ring is 1. The first-order valence-electron chi connectivity index (χ1n) is 6.95. The van der Waals surface area contributed by atoms with Crippen molar-refractivity contribution < 1.29 is 0 Å². The van der Waals surface area contributed by atoms with Gasteiger partial charge in [0.05, 0.1) is 16.9 Å². The van der Waals surface area contributed by atoms with Gasteiger partial charge in [0.25, 0.3) is 0 Å². The second kappa shape index (κ2) is 5.94. The molecule has 0 bridgehead atoms. The summed E-state index contributed by atoms with van der Waals surface area (Å²) in [6.07, 6.45) is 1.19. The van der Waals surface area contributed by atoms with Crippen molar-refractivity contribution in [2.24, 2.45) is 0 Å². The first kappa shape index (κ1) is 13.7. The highest BCUT2D eigenvalue weighted by molar-refractivity contribution is 5.74. The fraction of sp³-hybridized carbons (Fsp3) is 0.533. The van der Waals surface area contributed by atoms with Crippen LogP contribution in [0.25, 0.3) is 0 Å². The van der Waals surface area contributed by atoms with Crippen LogP contribution < -0.4 is 10.6 Å². The molecule has 19 heavy (non-hydrogen) atoms. The van der Waals surface area contributed by atoms with E-state index in [0.29, 0.717) is 17.3 Å². The minimum absolute atomic E-state index is 0.571. The minimum atomic E-state index is 0.571. The maximum atomic E-state index is 9.03. The van der Waals surface area contributed by atoms with E-state index in [9.17, 15) is 0 Å². The van der Waals surface area contributed by atoms with Gasteiger partial charge in [-0.1, -0.05) is 13.0 Å². The van der Waals surface area contributed by atoms with E-state index in [1.165, 1.54) is 6.42 Å². The lowest BCUT2D eigenvalue weighted by Gasteiger charge is -2.39. The number of hydrogen-bond acceptors (Lipinski definition) is 4. The van der Waals surface area contributed by atoms with Crippen LogP contribution in [0.1, 0.15) is 25.8 Å². The van der Waals surface area contributed by atoms with Gasteiger partial charge in [0.2, 0.25) is 0 Å². The van der Waals surface area contributed by atoms with Gasteiger partial charge < -0.3 is 10.6 Å². The van der Waals surface area contributed by atoms with Gasteiger partial charge >= 0.3 is 0 Å². The van der Waals surface area contributed by atoms with Crippen LogP contribution in [-0.4, -0.2) is 37.1 Å². The molecule has 1 unspecified atom stereocenters. The quantitative estimate of drug-likeness (QED) is 0.843. The smallest absolute Gasteiger partial charge is 0.101 e. The van der Waals surface area contributed by atoms with E-state index >= 15 is 0 Å². The molecule has 1 aliphatic rings. The largest absolute Gasteiger partial charge is 0.396 e. The van der Waals surface area contributed by atoms with Gasteiger partial charge in [-0.3, -0.25) is 4.90 Å². The molecule has 1 saturated heterocycles. The third-order valence-electron chi connectivity index (χ3n) is 4.07. The van der Waals surface area contributed by atoms with Gasteiger partial charge in [-0.15, -0.1) is 0 Å². The Bertz CT molecular complexity index is 470. The highest BCUT2D eigenvalue weighted by Crippen LogP contribution is 2.27. The second-order valence-corrected chi connectivity index (χ2v) is 5.13. The average Bonchev–Trinajstić information content (AvgIpc) is 2.47. The molecule has 102 valence electrons. The summed E-state index contributed by atoms with van der Waals surface area (Å²) in [5, 5.41) is 9.03.